The lowest BCUT2D eigenvalue weighted by atomic mass is 9.95. The predicted molar refractivity (Wildman–Crippen MR) is 116 cm³/mol. The number of nitrogens with one attached hydrogen (secondary N) is 1. The molecule has 0 spiro atoms. The minimum Gasteiger partial charge on any atom is -0.355 e. The van der Waals surface area contributed by atoms with Crippen molar-refractivity contribution in [2.24, 2.45) is 11.1 Å². The lowest BCUT2D eigenvalue weighted by Gasteiger charge is -2.38. The van der Waals surface area contributed by atoms with Crippen LogP contribution in [-0.4, -0.2) is 43.3 Å². The van der Waals surface area contributed by atoms with Gasteiger partial charge in [0.2, 0.25) is 0 Å². The van der Waals surface area contributed by atoms with Gasteiger partial charge in [0.15, 0.2) is 5.03 Å². The maximum absolute atomic E-state index is 14.4. The lowest BCUT2D eigenvalue weighted by Crippen LogP contribution is -2.46. The van der Waals surface area contributed by atoms with Crippen molar-refractivity contribution in [1.29, 1.82) is 0 Å². The molecule has 0 radical (unpaired) electrons. The van der Waals surface area contributed by atoms with Crippen molar-refractivity contribution in [1.82, 2.24) is 9.97 Å². The molecule has 12 heteroatoms. The maximum atomic E-state index is 14.4. The van der Waals surface area contributed by atoms with Crippen LogP contribution in [-0.2, 0) is 10.0 Å². The SMILES string of the molecule is CC1CN(c2nc3c(F)cccc3cc2C(=O)Nc2ccnc(S(N)(=O)=O)c2)CCC1(F)F. The molecule has 2 aromatic heterocycles. The number of carbonyl (C=O) groups is 1. The average Bonchev–Trinajstić information content (AvgIpc) is 2.75. The Morgan fingerprint density at radius 1 is 1.27 bits per heavy atom. The number of amides is 1. The van der Waals surface area contributed by atoms with Crippen LogP contribution in [0.4, 0.5) is 24.7 Å². The Morgan fingerprint density at radius 3 is 2.73 bits per heavy atom. The molecule has 1 fully saturated rings. The first-order valence-electron chi connectivity index (χ1n) is 9.98. The highest BCUT2D eigenvalue weighted by molar-refractivity contribution is 7.89. The van der Waals surface area contributed by atoms with Crippen molar-refractivity contribution < 1.29 is 26.4 Å². The number of sulfonamides is 1. The monoisotopic (exact) mass is 479 g/mol. The number of aromatic nitrogens is 2. The quantitative estimate of drug-likeness (QED) is 0.594. The maximum Gasteiger partial charge on any atom is 0.259 e. The Bertz CT molecular complexity index is 1350. The summed E-state index contributed by atoms with van der Waals surface area (Å²) < 4.78 is 65.6. The molecule has 1 aliphatic heterocycles. The zero-order chi connectivity index (χ0) is 24.0. The summed E-state index contributed by atoms with van der Waals surface area (Å²) in [6.07, 6.45) is 0.729. The molecular formula is C21H20F3N5O3S. The number of hydrogen-bond acceptors (Lipinski definition) is 6. The third-order valence-electron chi connectivity index (χ3n) is 5.54. The van der Waals surface area contributed by atoms with Crippen molar-refractivity contribution in [2.45, 2.75) is 24.3 Å². The molecule has 4 rings (SSSR count). The Balaban J connectivity index is 1.76. The Labute approximate surface area is 187 Å². The summed E-state index contributed by atoms with van der Waals surface area (Å²) in [6.45, 7) is 1.25. The van der Waals surface area contributed by atoms with Crippen molar-refractivity contribution in [2.75, 3.05) is 23.3 Å². The van der Waals surface area contributed by atoms with E-state index in [0.29, 0.717) is 5.39 Å². The second-order valence-corrected chi connectivity index (χ2v) is 9.42. The van der Waals surface area contributed by atoms with E-state index in [0.717, 1.165) is 6.07 Å². The van der Waals surface area contributed by atoms with Gasteiger partial charge >= 0.3 is 0 Å². The summed E-state index contributed by atoms with van der Waals surface area (Å²) in [7, 11) is -4.10. The Kier molecular flexibility index (Phi) is 5.74. The first kappa shape index (κ1) is 22.9. The lowest BCUT2D eigenvalue weighted by molar-refractivity contribution is -0.0652. The zero-order valence-electron chi connectivity index (χ0n) is 17.4. The van der Waals surface area contributed by atoms with E-state index >= 15 is 0 Å². The summed E-state index contributed by atoms with van der Waals surface area (Å²) in [6, 6.07) is 8.14. The minimum absolute atomic E-state index is 0.00876. The summed E-state index contributed by atoms with van der Waals surface area (Å²) >= 11 is 0. The fourth-order valence-electron chi connectivity index (χ4n) is 3.68. The summed E-state index contributed by atoms with van der Waals surface area (Å²) in [5.41, 5.74) is 0.136. The normalized spacial score (nSPS) is 18.3. The van der Waals surface area contributed by atoms with Crippen molar-refractivity contribution in [3.05, 3.63) is 54.0 Å². The van der Waals surface area contributed by atoms with Crippen molar-refractivity contribution in [3.63, 3.8) is 0 Å². The molecule has 1 atom stereocenters. The van der Waals surface area contributed by atoms with E-state index in [1.165, 1.54) is 42.3 Å². The van der Waals surface area contributed by atoms with Crippen LogP contribution in [0.5, 0.6) is 0 Å². The number of halogens is 3. The van der Waals surface area contributed by atoms with Crippen LogP contribution < -0.4 is 15.4 Å². The van der Waals surface area contributed by atoms with Gasteiger partial charge in [0, 0.05) is 48.8 Å². The molecule has 8 nitrogen and oxygen atoms in total. The number of para-hydroxylation sites is 1. The van der Waals surface area contributed by atoms with Crippen LogP contribution in [0.1, 0.15) is 23.7 Å². The van der Waals surface area contributed by atoms with Crippen LogP contribution in [0, 0.1) is 11.7 Å². The van der Waals surface area contributed by atoms with Gasteiger partial charge in [0.05, 0.1) is 5.56 Å². The van der Waals surface area contributed by atoms with Gasteiger partial charge in [-0.3, -0.25) is 4.79 Å². The highest BCUT2D eigenvalue weighted by Gasteiger charge is 2.42. The number of fused-ring (bicyclic) bond motifs is 1. The van der Waals surface area contributed by atoms with Crippen molar-refractivity contribution >= 4 is 38.3 Å². The van der Waals surface area contributed by atoms with Crippen LogP contribution in [0.2, 0.25) is 0 Å². The number of benzene rings is 1. The number of pyridine rings is 2. The molecule has 0 aliphatic carbocycles. The molecule has 3 N–H and O–H groups in total. The largest absolute Gasteiger partial charge is 0.355 e. The molecule has 1 unspecified atom stereocenters. The Hall–Kier alpha value is -3.25. The number of primary sulfonamides is 1. The number of anilines is 2. The number of nitrogens with two attached hydrogens (primary N) is 1. The highest BCUT2D eigenvalue weighted by atomic mass is 32.2. The minimum atomic E-state index is -4.10. The predicted octanol–water partition coefficient (Wildman–Crippen LogP) is 3.15. The second-order valence-electron chi connectivity index (χ2n) is 7.91. The van der Waals surface area contributed by atoms with Crippen LogP contribution >= 0.6 is 0 Å². The molecule has 174 valence electrons. The van der Waals surface area contributed by atoms with Gasteiger partial charge in [-0.1, -0.05) is 19.1 Å². The molecule has 0 bridgehead atoms. The molecular weight excluding hydrogens is 459 g/mol. The van der Waals surface area contributed by atoms with Gasteiger partial charge in [-0.2, -0.15) is 0 Å². The first-order valence-corrected chi connectivity index (χ1v) is 11.5. The summed E-state index contributed by atoms with van der Waals surface area (Å²) in [5, 5.41) is 7.54. The Morgan fingerprint density at radius 2 is 2.03 bits per heavy atom. The number of alkyl halides is 2. The van der Waals surface area contributed by atoms with E-state index in [-0.39, 0.29) is 35.7 Å². The van der Waals surface area contributed by atoms with Crippen molar-refractivity contribution in [3.8, 4) is 0 Å². The molecule has 1 aromatic carbocycles. The van der Waals surface area contributed by atoms with Gasteiger partial charge in [-0.05, 0) is 18.2 Å². The van der Waals surface area contributed by atoms with E-state index in [1.807, 2.05) is 0 Å². The molecule has 33 heavy (non-hydrogen) atoms. The third-order valence-corrected chi connectivity index (χ3v) is 6.34. The number of carbonyl (C=O) groups excluding carboxylic acids is 1. The fourth-order valence-corrected chi connectivity index (χ4v) is 4.18. The van der Waals surface area contributed by atoms with Gasteiger partial charge in [-0.15, -0.1) is 0 Å². The summed E-state index contributed by atoms with van der Waals surface area (Å²) in [5.74, 6) is -5.09. The smallest absolute Gasteiger partial charge is 0.259 e. The van der Waals surface area contributed by atoms with Gasteiger partial charge < -0.3 is 10.2 Å². The van der Waals surface area contributed by atoms with E-state index in [4.69, 9.17) is 5.14 Å². The second kappa shape index (κ2) is 8.27. The standard InChI is InChI=1S/C21H20F3N5O3S/c1-12-11-29(8-6-21(12,23)24)19-15(9-13-3-2-4-16(22)18(13)28-19)20(30)27-14-5-7-26-17(10-14)33(25,31)32/h2-5,7,9-10,12H,6,8,11H2,1H3,(H2,25,31,32)(H,26,27,30). The molecule has 1 aliphatic rings. The van der Waals surface area contributed by atoms with Crippen LogP contribution in [0.25, 0.3) is 10.9 Å². The molecule has 1 saturated heterocycles. The topological polar surface area (TPSA) is 118 Å². The van der Waals surface area contributed by atoms with E-state index in [9.17, 15) is 26.4 Å². The highest BCUT2D eigenvalue weighted by Crippen LogP contribution is 2.36. The third kappa shape index (κ3) is 4.62. The van der Waals surface area contributed by atoms with Crippen LogP contribution in [0.3, 0.4) is 0 Å². The van der Waals surface area contributed by atoms with E-state index < -0.39 is 45.0 Å². The number of nitrogens with zero attached hydrogens (tertiary/aromatic N) is 3. The molecule has 3 aromatic rings. The van der Waals surface area contributed by atoms with E-state index in [2.05, 4.69) is 15.3 Å². The average molecular weight is 479 g/mol. The summed E-state index contributed by atoms with van der Waals surface area (Å²) in [4.78, 5) is 22.7. The van der Waals surface area contributed by atoms with Crippen LogP contribution in [0.15, 0.2) is 47.6 Å². The fraction of sp³-hybridized carbons (Fsp3) is 0.286. The number of hydrogen-bond donors (Lipinski definition) is 2. The van der Waals surface area contributed by atoms with Gasteiger partial charge in [0.25, 0.3) is 21.9 Å². The molecule has 0 saturated carbocycles. The molecule has 3 heterocycles. The first-order chi connectivity index (χ1) is 15.5. The molecule has 1 amide bonds. The number of piperidine rings is 1. The van der Waals surface area contributed by atoms with E-state index in [1.54, 1.807) is 6.07 Å². The van der Waals surface area contributed by atoms with Gasteiger partial charge in [-0.25, -0.2) is 36.7 Å². The van der Waals surface area contributed by atoms with Gasteiger partial charge in [0.1, 0.15) is 17.2 Å². The zero-order valence-corrected chi connectivity index (χ0v) is 18.2. The number of rotatable bonds is 4.